The van der Waals surface area contributed by atoms with Gasteiger partial charge in [-0.15, -0.1) is 0 Å². The van der Waals surface area contributed by atoms with E-state index in [1.54, 1.807) is 48.5 Å². The molecule has 362 valence electrons. The number of nitrogens with one attached hydrogen (secondary N) is 4. The second-order valence-electron chi connectivity index (χ2n) is 18.6. The molecule has 5 N–H and O–H groups in total. The molecule has 0 aliphatic heterocycles. The lowest BCUT2D eigenvalue weighted by Gasteiger charge is -2.37. The van der Waals surface area contributed by atoms with Crippen LogP contribution in [-0.4, -0.2) is 132 Å². The molecule has 0 bridgehead atoms. The van der Waals surface area contributed by atoms with E-state index >= 15 is 0 Å². The Hall–Kier alpha value is -4.74. The Morgan fingerprint density at radius 2 is 1.20 bits per heavy atom. The van der Waals surface area contributed by atoms with Crippen LogP contribution in [0, 0.1) is 17.8 Å². The van der Waals surface area contributed by atoms with Crippen LogP contribution in [0.5, 0.6) is 5.75 Å². The first-order valence-electron chi connectivity index (χ1n) is 21.6. The fourth-order valence-corrected chi connectivity index (χ4v) is 6.09. The van der Waals surface area contributed by atoms with Crippen molar-refractivity contribution in [3.05, 3.63) is 23.8 Å². The first-order chi connectivity index (χ1) is 29.7. The fraction of sp³-hybridized carbons (Fsp3) is 0.689. The second kappa shape index (κ2) is 28.2. The molecule has 0 aliphatic rings. The zero-order chi connectivity index (χ0) is 48.6. The lowest BCUT2D eigenvalue weighted by molar-refractivity contribution is -0.159. The Balaban J connectivity index is 2.72. The van der Waals surface area contributed by atoms with Gasteiger partial charge in [0.25, 0.3) is 20.1 Å². The van der Waals surface area contributed by atoms with E-state index in [0.29, 0.717) is 17.9 Å². The molecule has 19 heteroatoms. The zero-order valence-corrected chi connectivity index (χ0v) is 41.0. The SMILES string of the molecule is CC(C[C@H](Cc1ccc(O[Si](C)(C)C(C)(C)C)c(NC(=O)CCOCCOCCNC(=O)C#CC(=O)NCCOCCOCCC(=O)O)c1)NC(=O)OC(C)(C)C)C(=O)OC(C)(C)C. The van der Waals surface area contributed by atoms with Gasteiger partial charge in [0, 0.05) is 31.0 Å². The van der Waals surface area contributed by atoms with E-state index in [0.717, 1.165) is 5.56 Å². The molecule has 0 fully saturated rings. The number of alkyl carbamates (subject to hydrolysis) is 1. The highest BCUT2D eigenvalue weighted by molar-refractivity contribution is 6.74. The third kappa shape index (κ3) is 27.4. The number of hydrogen-bond acceptors (Lipinski definition) is 13. The Bertz CT molecular complexity index is 1720. The number of hydrogen-bond donors (Lipinski definition) is 5. The van der Waals surface area contributed by atoms with Gasteiger partial charge in [0.05, 0.1) is 77.3 Å². The highest BCUT2D eigenvalue weighted by Crippen LogP contribution is 2.40. The molecule has 1 unspecified atom stereocenters. The molecular formula is C45H74N4O14Si. The van der Waals surface area contributed by atoms with Gasteiger partial charge in [-0.3, -0.25) is 24.0 Å². The Kier molecular flexibility index (Phi) is 25.3. The molecule has 1 aromatic rings. The Morgan fingerprint density at radius 1 is 0.703 bits per heavy atom. The number of rotatable bonds is 27. The molecule has 0 heterocycles. The second-order valence-corrected chi connectivity index (χ2v) is 23.3. The van der Waals surface area contributed by atoms with Crippen molar-refractivity contribution in [2.24, 2.45) is 5.92 Å². The van der Waals surface area contributed by atoms with E-state index in [4.69, 9.17) is 38.0 Å². The number of esters is 1. The van der Waals surface area contributed by atoms with E-state index in [1.807, 2.05) is 18.2 Å². The number of aliphatic carboxylic acids is 1. The third-order valence-electron chi connectivity index (χ3n) is 9.17. The van der Waals surface area contributed by atoms with Crippen molar-refractivity contribution >= 4 is 49.8 Å². The Morgan fingerprint density at radius 3 is 1.69 bits per heavy atom. The maximum atomic E-state index is 13.3. The van der Waals surface area contributed by atoms with Crippen molar-refractivity contribution in [1.29, 1.82) is 0 Å². The Labute approximate surface area is 380 Å². The van der Waals surface area contributed by atoms with Crippen LogP contribution < -0.4 is 25.7 Å². The molecule has 1 aromatic carbocycles. The molecule has 0 radical (unpaired) electrons. The largest absolute Gasteiger partial charge is 0.542 e. The molecule has 0 aromatic heterocycles. The molecule has 4 amide bonds. The van der Waals surface area contributed by atoms with Gasteiger partial charge in [-0.25, -0.2) is 4.79 Å². The summed E-state index contributed by atoms with van der Waals surface area (Å²) in [6.45, 7) is 24.8. The molecule has 0 saturated heterocycles. The molecular weight excluding hydrogens is 849 g/mol. The highest BCUT2D eigenvalue weighted by Gasteiger charge is 2.39. The van der Waals surface area contributed by atoms with Gasteiger partial charge in [-0.1, -0.05) is 33.8 Å². The van der Waals surface area contributed by atoms with E-state index in [2.05, 4.69) is 67.0 Å². The monoisotopic (exact) mass is 922 g/mol. The van der Waals surface area contributed by atoms with Crippen LogP contribution in [0.2, 0.25) is 18.1 Å². The quantitative estimate of drug-likeness (QED) is 0.0339. The molecule has 64 heavy (non-hydrogen) atoms. The predicted molar refractivity (Wildman–Crippen MR) is 243 cm³/mol. The number of carboxylic acids is 1. The minimum atomic E-state index is -2.33. The van der Waals surface area contributed by atoms with Gasteiger partial charge in [0.1, 0.15) is 17.0 Å². The van der Waals surface area contributed by atoms with Crippen molar-refractivity contribution in [2.75, 3.05) is 71.3 Å². The summed E-state index contributed by atoms with van der Waals surface area (Å²) < 4.78 is 39.2. The number of carbonyl (C=O) groups is 6. The fourth-order valence-electron chi connectivity index (χ4n) is 5.05. The molecule has 2 atom stereocenters. The topological polar surface area (TPSA) is 235 Å². The lowest BCUT2D eigenvalue weighted by Crippen LogP contribution is -2.44. The number of anilines is 1. The van der Waals surface area contributed by atoms with Crippen LogP contribution in [0.1, 0.15) is 94.1 Å². The number of carboxylic acid groups (broad SMARTS) is 1. The molecule has 0 saturated carbocycles. The summed E-state index contributed by atoms with van der Waals surface area (Å²) in [6.07, 6.45) is -0.0570. The van der Waals surface area contributed by atoms with Gasteiger partial charge in [0.2, 0.25) is 5.91 Å². The van der Waals surface area contributed by atoms with E-state index in [-0.39, 0.29) is 102 Å². The minimum Gasteiger partial charge on any atom is -0.542 e. The van der Waals surface area contributed by atoms with Crippen LogP contribution in [0.25, 0.3) is 0 Å². The van der Waals surface area contributed by atoms with Crippen molar-refractivity contribution in [2.45, 2.75) is 130 Å². The third-order valence-corrected chi connectivity index (χ3v) is 13.5. The summed E-state index contributed by atoms with van der Waals surface area (Å²) in [5.74, 6) is 1.46. The van der Waals surface area contributed by atoms with Crippen LogP contribution in [-0.2, 0) is 58.8 Å². The molecule has 0 aliphatic carbocycles. The summed E-state index contributed by atoms with van der Waals surface area (Å²) in [4.78, 5) is 73.3. The number of carbonyl (C=O) groups excluding carboxylic acids is 5. The summed E-state index contributed by atoms with van der Waals surface area (Å²) >= 11 is 0. The minimum absolute atomic E-state index is 0.0421. The van der Waals surface area contributed by atoms with Crippen LogP contribution in [0.4, 0.5) is 10.5 Å². The lowest BCUT2D eigenvalue weighted by atomic mass is 9.95. The predicted octanol–water partition coefficient (Wildman–Crippen LogP) is 4.98. The summed E-state index contributed by atoms with van der Waals surface area (Å²) in [5.41, 5.74) is -0.142. The summed E-state index contributed by atoms with van der Waals surface area (Å²) in [5, 5.41) is 19.4. The average Bonchev–Trinajstić information content (AvgIpc) is 3.14. The number of benzene rings is 1. The van der Waals surface area contributed by atoms with Crippen LogP contribution in [0.3, 0.4) is 0 Å². The molecule has 0 spiro atoms. The normalized spacial score (nSPS) is 12.8. The smallest absolute Gasteiger partial charge is 0.407 e. The maximum Gasteiger partial charge on any atom is 0.407 e. The summed E-state index contributed by atoms with van der Waals surface area (Å²) in [7, 11) is -2.33. The first-order valence-corrected chi connectivity index (χ1v) is 24.5. The van der Waals surface area contributed by atoms with E-state index < -0.39 is 55.4 Å². The van der Waals surface area contributed by atoms with Gasteiger partial charge in [-0.2, -0.15) is 0 Å². The first kappa shape index (κ1) is 57.3. The van der Waals surface area contributed by atoms with E-state index in [1.165, 1.54) is 0 Å². The zero-order valence-electron chi connectivity index (χ0n) is 40.0. The van der Waals surface area contributed by atoms with Gasteiger partial charge in [-0.05, 0) is 90.2 Å². The van der Waals surface area contributed by atoms with Crippen molar-refractivity contribution < 1.29 is 66.7 Å². The van der Waals surface area contributed by atoms with Gasteiger partial charge < -0.3 is 59.2 Å². The van der Waals surface area contributed by atoms with Crippen LogP contribution >= 0.6 is 0 Å². The van der Waals surface area contributed by atoms with Crippen LogP contribution in [0.15, 0.2) is 18.2 Å². The molecule has 18 nitrogen and oxygen atoms in total. The van der Waals surface area contributed by atoms with Crippen molar-refractivity contribution in [3.8, 4) is 17.6 Å². The van der Waals surface area contributed by atoms with Crippen molar-refractivity contribution in [1.82, 2.24) is 16.0 Å². The highest BCUT2D eigenvalue weighted by atomic mass is 28.4. The number of ether oxygens (including phenoxy) is 6. The molecule has 1 rings (SSSR count). The summed E-state index contributed by atoms with van der Waals surface area (Å²) in [6, 6.07) is 5.02. The van der Waals surface area contributed by atoms with Gasteiger partial charge in [0.15, 0.2) is 0 Å². The van der Waals surface area contributed by atoms with Gasteiger partial charge >= 0.3 is 18.0 Å². The van der Waals surface area contributed by atoms with Crippen molar-refractivity contribution in [3.63, 3.8) is 0 Å². The number of amides is 4. The standard InChI is InChI=1S/C45H74N4O14Si/c1-32(41(55)61-43(2,3)4)29-34(48-42(56)62-44(5,6)7)30-33-13-14-36(63-64(11,12)45(8,9)10)35(31-33)49-39(52)17-21-57-25-27-59-23-19-46-37(50)15-16-38(51)47-20-24-60-28-26-58-22-18-40(53)54/h13-14,31-32,34H,17-30H2,1-12H3,(H,46,50)(H,47,51)(H,48,56)(H,49,52)(H,53,54)/t32?,34-/m1/s1. The average molecular weight is 923 g/mol. The van der Waals surface area contributed by atoms with E-state index in [9.17, 15) is 28.8 Å². The maximum absolute atomic E-state index is 13.3.